The number of aromatic nitrogens is 1. The molecule has 3 aromatic rings. The van der Waals surface area contributed by atoms with Gasteiger partial charge in [-0.3, -0.25) is 4.79 Å². The number of rotatable bonds is 5. The van der Waals surface area contributed by atoms with Gasteiger partial charge in [0.15, 0.2) is 0 Å². The maximum atomic E-state index is 12.2. The molecule has 3 N–H and O–H groups in total. The summed E-state index contributed by atoms with van der Waals surface area (Å²) < 4.78 is 0. The summed E-state index contributed by atoms with van der Waals surface area (Å²) in [6, 6.07) is 15.0. The van der Waals surface area contributed by atoms with Gasteiger partial charge in [-0.2, -0.15) is 0 Å². The Hall–Kier alpha value is -2.30. The fourth-order valence-corrected chi connectivity index (χ4v) is 2.62. The Morgan fingerprint density at radius 3 is 2.57 bits per heavy atom. The minimum atomic E-state index is -0.135. The van der Waals surface area contributed by atoms with E-state index in [1.165, 1.54) is 0 Å². The van der Waals surface area contributed by atoms with Crippen LogP contribution in [0.15, 0.2) is 48.5 Å². The molecule has 5 heteroatoms. The first kappa shape index (κ1) is 15.6. The molecule has 0 spiro atoms. The number of aromatic amines is 1. The maximum absolute atomic E-state index is 12.2. The lowest BCUT2D eigenvalue weighted by Gasteiger charge is -2.05. The van der Waals surface area contributed by atoms with E-state index in [-0.39, 0.29) is 12.5 Å². The fraction of sp³-hybridized carbons (Fsp3) is 0.167. The minimum absolute atomic E-state index is 0.0431. The van der Waals surface area contributed by atoms with E-state index in [9.17, 15) is 4.79 Å². The molecule has 1 aromatic heterocycles. The van der Waals surface area contributed by atoms with Crippen LogP contribution in [0.2, 0.25) is 5.02 Å². The highest BCUT2D eigenvalue weighted by molar-refractivity contribution is 6.31. The zero-order valence-electron chi connectivity index (χ0n) is 12.5. The second-order valence-corrected chi connectivity index (χ2v) is 5.83. The molecule has 0 bridgehead atoms. The first-order valence-electron chi connectivity index (χ1n) is 7.41. The highest BCUT2D eigenvalue weighted by Gasteiger charge is 2.09. The summed E-state index contributed by atoms with van der Waals surface area (Å²) in [6.45, 7) is 0.592. The Bertz CT molecular complexity index is 825. The van der Waals surface area contributed by atoms with E-state index in [1.54, 1.807) is 12.1 Å². The predicted molar refractivity (Wildman–Crippen MR) is 91.7 cm³/mol. The summed E-state index contributed by atoms with van der Waals surface area (Å²) in [4.78, 5) is 15.3. The SMILES string of the molecule is O=C(NCCc1ccc(CO)cc1)c1cc2ccc(Cl)cc2[nH]1. The van der Waals surface area contributed by atoms with Crippen LogP contribution in [0.1, 0.15) is 21.6 Å². The Labute approximate surface area is 139 Å². The van der Waals surface area contributed by atoms with Gasteiger partial charge >= 0.3 is 0 Å². The smallest absolute Gasteiger partial charge is 0.267 e. The average molecular weight is 329 g/mol. The number of nitrogens with one attached hydrogen (secondary N) is 2. The van der Waals surface area contributed by atoms with E-state index in [2.05, 4.69) is 10.3 Å². The van der Waals surface area contributed by atoms with Crippen molar-refractivity contribution in [3.05, 3.63) is 70.4 Å². The van der Waals surface area contributed by atoms with Crippen molar-refractivity contribution in [3.8, 4) is 0 Å². The Morgan fingerprint density at radius 2 is 1.83 bits per heavy atom. The van der Waals surface area contributed by atoms with Crippen molar-refractivity contribution in [2.45, 2.75) is 13.0 Å². The summed E-state index contributed by atoms with van der Waals surface area (Å²) >= 11 is 5.94. The highest BCUT2D eigenvalue weighted by Crippen LogP contribution is 2.19. The van der Waals surface area contributed by atoms with Gasteiger partial charge in [0, 0.05) is 22.5 Å². The summed E-state index contributed by atoms with van der Waals surface area (Å²) in [5.41, 5.74) is 3.38. The van der Waals surface area contributed by atoms with Crippen molar-refractivity contribution in [2.24, 2.45) is 0 Å². The van der Waals surface area contributed by atoms with Gasteiger partial charge < -0.3 is 15.4 Å². The van der Waals surface area contributed by atoms with Crippen LogP contribution in [0.25, 0.3) is 10.9 Å². The van der Waals surface area contributed by atoms with Crippen molar-refractivity contribution in [1.82, 2.24) is 10.3 Å². The quantitative estimate of drug-likeness (QED) is 0.673. The molecule has 4 nitrogen and oxygen atoms in total. The number of amides is 1. The number of halogens is 1. The van der Waals surface area contributed by atoms with E-state index >= 15 is 0 Å². The summed E-state index contributed by atoms with van der Waals surface area (Å²) in [5, 5.41) is 13.5. The second kappa shape index (κ2) is 6.86. The van der Waals surface area contributed by atoms with Crippen LogP contribution >= 0.6 is 11.6 Å². The molecule has 23 heavy (non-hydrogen) atoms. The first-order chi connectivity index (χ1) is 11.2. The zero-order chi connectivity index (χ0) is 16.2. The Morgan fingerprint density at radius 1 is 1.09 bits per heavy atom. The number of H-pyrrole nitrogens is 1. The molecule has 0 unspecified atom stereocenters. The van der Waals surface area contributed by atoms with E-state index in [0.29, 0.717) is 17.3 Å². The molecule has 0 fully saturated rings. The van der Waals surface area contributed by atoms with E-state index in [4.69, 9.17) is 16.7 Å². The third kappa shape index (κ3) is 3.73. The lowest BCUT2D eigenvalue weighted by atomic mass is 10.1. The van der Waals surface area contributed by atoms with Crippen molar-refractivity contribution in [1.29, 1.82) is 0 Å². The van der Waals surface area contributed by atoms with Crippen LogP contribution in [-0.2, 0) is 13.0 Å². The number of carbonyl (C=O) groups is 1. The molecule has 0 aliphatic rings. The zero-order valence-corrected chi connectivity index (χ0v) is 13.2. The number of hydrogen-bond donors (Lipinski definition) is 3. The summed E-state index contributed by atoms with van der Waals surface area (Å²) in [5.74, 6) is -0.135. The molecular weight excluding hydrogens is 312 g/mol. The lowest BCUT2D eigenvalue weighted by Crippen LogP contribution is -2.25. The van der Waals surface area contributed by atoms with Crippen LogP contribution in [0, 0.1) is 0 Å². The van der Waals surface area contributed by atoms with E-state index in [1.807, 2.05) is 36.4 Å². The maximum Gasteiger partial charge on any atom is 0.267 e. The highest BCUT2D eigenvalue weighted by atomic mass is 35.5. The van der Waals surface area contributed by atoms with Gasteiger partial charge in [-0.1, -0.05) is 41.9 Å². The van der Waals surface area contributed by atoms with Crippen molar-refractivity contribution in [2.75, 3.05) is 6.54 Å². The van der Waals surface area contributed by atoms with E-state index in [0.717, 1.165) is 28.5 Å². The van der Waals surface area contributed by atoms with Crippen molar-refractivity contribution >= 4 is 28.4 Å². The Balaban J connectivity index is 1.59. The fourth-order valence-electron chi connectivity index (χ4n) is 2.45. The largest absolute Gasteiger partial charge is 0.392 e. The normalized spacial score (nSPS) is 10.9. The standard InChI is InChI=1S/C18H17ClN2O2/c19-15-6-5-14-9-17(21-16(14)10-15)18(23)20-8-7-12-1-3-13(11-22)4-2-12/h1-6,9-10,21-22H,7-8,11H2,(H,20,23). The third-order valence-electron chi connectivity index (χ3n) is 3.73. The van der Waals surface area contributed by atoms with Gasteiger partial charge in [0.1, 0.15) is 5.69 Å². The van der Waals surface area contributed by atoms with Gasteiger partial charge in [-0.05, 0) is 35.7 Å². The van der Waals surface area contributed by atoms with Gasteiger partial charge in [-0.25, -0.2) is 0 Å². The van der Waals surface area contributed by atoms with Crippen LogP contribution in [0.3, 0.4) is 0 Å². The van der Waals surface area contributed by atoms with Crippen molar-refractivity contribution < 1.29 is 9.90 Å². The van der Waals surface area contributed by atoms with Gasteiger partial charge in [0.05, 0.1) is 6.61 Å². The van der Waals surface area contributed by atoms with Gasteiger partial charge in [0.2, 0.25) is 0 Å². The molecule has 2 aromatic carbocycles. The number of benzene rings is 2. The second-order valence-electron chi connectivity index (χ2n) is 5.40. The van der Waals surface area contributed by atoms with E-state index < -0.39 is 0 Å². The summed E-state index contributed by atoms with van der Waals surface area (Å²) in [7, 11) is 0. The molecule has 1 heterocycles. The number of fused-ring (bicyclic) bond motifs is 1. The van der Waals surface area contributed by atoms with Crippen LogP contribution in [0.4, 0.5) is 0 Å². The van der Waals surface area contributed by atoms with Gasteiger partial charge in [0.25, 0.3) is 5.91 Å². The average Bonchev–Trinajstić information content (AvgIpc) is 2.98. The molecule has 118 valence electrons. The van der Waals surface area contributed by atoms with Gasteiger partial charge in [-0.15, -0.1) is 0 Å². The predicted octanol–water partition coefficient (Wildman–Crippen LogP) is 3.29. The van der Waals surface area contributed by atoms with Crippen LogP contribution in [-0.4, -0.2) is 22.5 Å². The number of aliphatic hydroxyl groups excluding tert-OH is 1. The van der Waals surface area contributed by atoms with Crippen LogP contribution < -0.4 is 5.32 Å². The molecule has 3 rings (SSSR count). The molecule has 0 saturated carbocycles. The molecule has 0 radical (unpaired) electrons. The minimum Gasteiger partial charge on any atom is -0.392 e. The number of hydrogen-bond acceptors (Lipinski definition) is 2. The molecular formula is C18H17ClN2O2. The summed E-state index contributed by atoms with van der Waals surface area (Å²) in [6.07, 6.45) is 0.740. The van der Waals surface area contributed by atoms with Crippen molar-refractivity contribution in [3.63, 3.8) is 0 Å². The lowest BCUT2D eigenvalue weighted by molar-refractivity contribution is 0.0950. The first-order valence-corrected chi connectivity index (χ1v) is 7.78. The Kier molecular flexibility index (Phi) is 4.65. The number of aliphatic hydroxyl groups is 1. The third-order valence-corrected chi connectivity index (χ3v) is 3.97. The molecule has 1 amide bonds. The molecule has 0 aliphatic heterocycles. The molecule has 0 atom stereocenters. The van der Waals surface area contributed by atoms with Crippen LogP contribution in [0.5, 0.6) is 0 Å². The molecule has 0 saturated heterocycles. The number of carbonyl (C=O) groups excluding carboxylic acids is 1. The molecule has 0 aliphatic carbocycles. The topological polar surface area (TPSA) is 65.1 Å². The monoisotopic (exact) mass is 328 g/mol.